The van der Waals surface area contributed by atoms with Gasteiger partial charge in [0.05, 0.1) is 5.69 Å². The van der Waals surface area contributed by atoms with Crippen LogP contribution in [0, 0.1) is 6.92 Å². The van der Waals surface area contributed by atoms with E-state index in [1.54, 1.807) is 30.5 Å². The van der Waals surface area contributed by atoms with Gasteiger partial charge in [0.25, 0.3) is 5.91 Å². The van der Waals surface area contributed by atoms with Crippen molar-refractivity contribution in [3.8, 4) is 0 Å². The summed E-state index contributed by atoms with van der Waals surface area (Å²) < 4.78 is 0. The average molecular weight is 440 g/mol. The van der Waals surface area contributed by atoms with Crippen LogP contribution < -0.4 is 10.2 Å². The summed E-state index contributed by atoms with van der Waals surface area (Å²) in [4.78, 5) is 42.6. The molecule has 1 N–H and O–H groups in total. The Morgan fingerprint density at radius 2 is 1.83 bits per heavy atom. The molecule has 3 aromatic rings. The number of aromatic nitrogens is 1. The Balaban J connectivity index is 1.42. The first-order valence-corrected chi connectivity index (χ1v) is 10.6. The summed E-state index contributed by atoms with van der Waals surface area (Å²) in [5, 5.41) is 4.02. The van der Waals surface area contributed by atoms with Gasteiger partial charge >= 0.3 is 0 Å². The van der Waals surface area contributed by atoms with Crippen molar-refractivity contribution >= 4 is 51.5 Å². The number of rotatable bonds is 5. The van der Waals surface area contributed by atoms with Crippen molar-refractivity contribution in [1.29, 1.82) is 0 Å². The highest BCUT2D eigenvalue weighted by Gasteiger charge is 2.30. The number of hydrogen-bond acceptors (Lipinski definition) is 5. The van der Waals surface area contributed by atoms with Crippen molar-refractivity contribution in [2.75, 3.05) is 10.2 Å². The van der Waals surface area contributed by atoms with Crippen LogP contribution >= 0.6 is 22.9 Å². The summed E-state index contributed by atoms with van der Waals surface area (Å²) in [5.74, 6) is -0.752. The van der Waals surface area contributed by atoms with Crippen molar-refractivity contribution < 1.29 is 14.4 Å². The highest BCUT2D eigenvalue weighted by Crippen LogP contribution is 2.27. The third-order valence-electron chi connectivity index (χ3n) is 4.85. The fourth-order valence-electron chi connectivity index (χ4n) is 3.28. The van der Waals surface area contributed by atoms with E-state index in [4.69, 9.17) is 11.6 Å². The maximum absolute atomic E-state index is 12.5. The first kappa shape index (κ1) is 20.3. The third-order valence-corrected chi connectivity index (χ3v) is 6.30. The maximum atomic E-state index is 12.5. The molecule has 0 unspecified atom stereocenters. The second-order valence-corrected chi connectivity index (χ2v) is 8.47. The molecule has 8 heteroatoms. The van der Waals surface area contributed by atoms with Gasteiger partial charge in [-0.1, -0.05) is 29.8 Å². The zero-order chi connectivity index (χ0) is 21.3. The van der Waals surface area contributed by atoms with E-state index >= 15 is 0 Å². The zero-order valence-corrected chi connectivity index (χ0v) is 17.7. The molecule has 0 aliphatic carbocycles. The molecular formula is C22H18ClN3O3S. The predicted molar refractivity (Wildman–Crippen MR) is 117 cm³/mol. The van der Waals surface area contributed by atoms with Crippen LogP contribution in [0.2, 0.25) is 5.02 Å². The number of carbonyl (C=O) groups is 3. The molecule has 1 aromatic heterocycles. The molecule has 0 saturated carbocycles. The SMILES string of the molecule is Cc1cccc(Cc2cnc(NC(=O)c3ccc(N4C(=O)CCC4=O)cc3)s2)c1Cl. The first-order chi connectivity index (χ1) is 14.4. The minimum absolute atomic E-state index is 0.221. The van der Waals surface area contributed by atoms with E-state index < -0.39 is 0 Å². The summed E-state index contributed by atoms with van der Waals surface area (Å²) in [6, 6.07) is 12.3. The van der Waals surface area contributed by atoms with Crippen LogP contribution in [0.15, 0.2) is 48.7 Å². The van der Waals surface area contributed by atoms with Gasteiger partial charge in [0, 0.05) is 40.9 Å². The lowest BCUT2D eigenvalue weighted by molar-refractivity contribution is -0.121. The third kappa shape index (κ3) is 4.13. The Morgan fingerprint density at radius 3 is 2.53 bits per heavy atom. The highest BCUT2D eigenvalue weighted by molar-refractivity contribution is 7.15. The van der Waals surface area contributed by atoms with Crippen LogP contribution in [0.25, 0.3) is 0 Å². The summed E-state index contributed by atoms with van der Waals surface area (Å²) in [6.07, 6.45) is 2.82. The minimum atomic E-state index is -0.310. The lowest BCUT2D eigenvalue weighted by Crippen LogP contribution is -2.28. The van der Waals surface area contributed by atoms with Gasteiger partial charge in [0.15, 0.2) is 5.13 Å². The molecule has 4 rings (SSSR count). The van der Waals surface area contributed by atoms with Crippen molar-refractivity contribution in [1.82, 2.24) is 4.98 Å². The van der Waals surface area contributed by atoms with Crippen LogP contribution in [-0.2, 0) is 16.0 Å². The molecule has 1 saturated heterocycles. The summed E-state index contributed by atoms with van der Waals surface area (Å²) in [7, 11) is 0. The Labute approximate surface area is 182 Å². The second-order valence-electron chi connectivity index (χ2n) is 6.98. The first-order valence-electron chi connectivity index (χ1n) is 9.38. The number of imide groups is 1. The molecular weight excluding hydrogens is 422 g/mol. The summed E-state index contributed by atoms with van der Waals surface area (Å²) in [6.45, 7) is 1.96. The van der Waals surface area contributed by atoms with Crippen molar-refractivity contribution in [3.63, 3.8) is 0 Å². The number of carbonyl (C=O) groups excluding carboxylic acids is 3. The monoisotopic (exact) mass is 439 g/mol. The Hall–Kier alpha value is -3.03. The molecule has 1 fully saturated rings. The maximum Gasteiger partial charge on any atom is 0.257 e. The van der Waals surface area contributed by atoms with E-state index in [1.807, 2.05) is 25.1 Å². The van der Waals surface area contributed by atoms with Crippen molar-refractivity contribution in [2.24, 2.45) is 0 Å². The van der Waals surface area contributed by atoms with Gasteiger partial charge in [-0.05, 0) is 42.3 Å². The number of aryl methyl sites for hydroxylation is 1. The number of nitrogens with zero attached hydrogens (tertiary/aromatic N) is 2. The molecule has 2 aromatic carbocycles. The molecule has 1 aliphatic rings. The smallest absolute Gasteiger partial charge is 0.257 e. The van der Waals surface area contributed by atoms with E-state index in [-0.39, 0.29) is 30.6 Å². The minimum Gasteiger partial charge on any atom is -0.298 e. The van der Waals surface area contributed by atoms with Crippen LogP contribution in [0.3, 0.4) is 0 Å². The quantitative estimate of drug-likeness (QED) is 0.589. The Bertz CT molecular complexity index is 1120. The van der Waals surface area contributed by atoms with E-state index in [1.165, 1.54) is 11.3 Å². The molecule has 1 aliphatic heterocycles. The molecule has 152 valence electrons. The number of amides is 3. The fourth-order valence-corrected chi connectivity index (χ4v) is 4.30. The van der Waals surface area contributed by atoms with Gasteiger partial charge in [-0.3, -0.25) is 24.6 Å². The number of anilines is 2. The lowest BCUT2D eigenvalue weighted by Gasteiger charge is -2.13. The fraction of sp³-hybridized carbons (Fsp3) is 0.182. The second kappa shape index (κ2) is 8.38. The average Bonchev–Trinajstić information content (AvgIpc) is 3.31. The number of hydrogen-bond donors (Lipinski definition) is 1. The zero-order valence-electron chi connectivity index (χ0n) is 16.1. The lowest BCUT2D eigenvalue weighted by atomic mass is 10.1. The van der Waals surface area contributed by atoms with Crippen molar-refractivity contribution in [2.45, 2.75) is 26.2 Å². The van der Waals surface area contributed by atoms with Crippen LogP contribution in [0.1, 0.15) is 39.2 Å². The largest absolute Gasteiger partial charge is 0.298 e. The predicted octanol–water partition coefficient (Wildman–Crippen LogP) is 4.60. The summed E-state index contributed by atoms with van der Waals surface area (Å²) in [5.41, 5.74) is 2.93. The Morgan fingerprint density at radius 1 is 1.13 bits per heavy atom. The van der Waals surface area contributed by atoms with Crippen LogP contribution in [0.5, 0.6) is 0 Å². The summed E-state index contributed by atoms with van der Waals surface area (Å²) >= 11 is 7.75. The van der Waals surface area contributed by atoms with Gasteiger partial charge in [-0.2, -0.15) is 0 Å². The van der Waals surface area contributed by atoms with Crippen LogP contribution in [-0.4, -0.2) is 22.7 Å². The Kier molecular flexibility index (Phi) is 5.65. The molecule has 6 nitrogen and oxygen atoms in total. The normalized spacial score (nSPS) is 13.7. The van der Waals surface area contributed by atoms with Gasteiger partial charge in [0.2, 0.25) is 11.8 Å². The molecule has 3 amide bonds. The van der Waals surface area contributed by atoms with E-state index in [0.29, 0.717) is 22.8 Å². The van der Waals surface area contributed by atoms with E-state index in [2.05, 4.69) is 10.3 Å². The van der Waals surface area contributed by atoms with Crippen molar-refractivity contribution in [3.05, 3.63) is 75.3 Å². The van der Waals surface area contributed by atoms with E-state index in [9.17, 15) is 14.4 Å². The number of thiazole rings is 1. The van der Waals surface area contributed by atoms with E-state index in [0.717, 1.165) is 25.9 Å². The van der Waals surface area contributed by atoms with Gasteiger partial charge in [0.1, 0.15) is 0 Å². The molecule has 0 radical (unpaired) electrons. The van der Waals surface area contributed by atoms with Crippen LogP contribution in [0.4, 0.5) is 10.8 Å². The number of halogens is 1. The molecule has 2 heterocycles. The van der Waals surface area contributed by atoms with Gasteiger partial charge < -0.3 is 0 Å². The topological polar surface area (TPSA) is 79.4 Å². The van der Waals surface area contributed by atoms with Gasteiger partial charge in [-0.25, -0.2) is 4.98 Å². The van der Waals surface area contributed by atoms with Gasteiger partial charge in [-0.15, -0.1) is 11.3 Å². The molecule has 30 heavy (non-hydrogen) atoms. The number of benzene rings is 2. The molecule has 0 spiro atoms. The highest BCUT2D eigenvalue weighted by atomic mass is 35.5. The standard InChI is InChI=1S/C22H18ClN3O3S/c1-13-3-2-4-15(20(13)23)11-17-12-24-22(30-17)25-21(29)14-5-7-16(8-6-14)26-18(27)9-10-19(26)28/h2-8,12H,9-11H2,1H3,(H,24,25,29). The molecule has 0 atom stereocenters. The number of nitrogens with one attached hydrogen (secondary N) is 1. The molecule has 0 bridgehead atoms.